The Morgan fingerprint density at radius 2 is 2.14 bits per heavy atom. The summed E-state index contributed by atoms with van der Waals surface area (Å²) in [5.74, 6) is 0. The molecule has 2 aromatic heterocycles. The summed E-state index contributed by atoms with van der Waals surface area (Å²) in [5.41, 5.74) is 0.802. The molecule has 0 radical (unpaired) electrons. The second kappa shape index (κ2) is 6.49. The van der Waals surface area contributed by atoms with Gasteiger partial charge in [-0.05, 0) is 18.2 Å². The molecule has 0 aliphatic heterocycles. The van der Waals surface area contributed by atoms with Crippen LogP contribution in [0.3, 0.4) is 0 Å². The third-order valence-electron chi connectivity index (χ3n) is 2.93. The van der Waals surface area contributed by atoms with Gasteiger partial charge < -0.3 is 10.2 Å². The minimum Gasteiger partial charge on any atom is -0.333 e. The van der Waals surface area contributed by atoms with Gasteiger partial charge in [0.05, 0.1) is 18.8 Å². The van der Waals surface area contributed by atoms with Gasteiger partial charge in [0.25, 0.3) is 0 Å². The molecule has 7 nitrogen and oxygen atoms in total. The Bertz CT molecular complexity index is 764. The van der Waals surface area contributed by atoms with Gasteiger partial charge in [-0.15, -0.1) is 11.3 Å². The van der Waals surface area contributed by atoms with Crippen molar-refractivity contribution in [1.29, 1.82) is 0 Å². The second-order valence-electron chi connectivity index (χ2n) is 4.99. The van der Waals surface area contributed by atoms with Crippen molar-refractivity contribution in [3.05, 3.63) is 35.0 Å². The van der Waals surface area contributed by atoms with Crippen LogP contribution in [-0.4, -0.2) is 42.4 Å². The molecule has 0 saturated carbocycles. The van der Waals surface area contributed by atoms with E-state index < -0.39 is 9.84 Å². The summed E-state index contributed by atoms with van der Waals surface area (Å²) in [5, 5.41) is 6.97. The maximum absolute atomic E-state index is 12.0. The topological polar surface area (TPSA) is 84.3 Å². The van der Waals surface area contributed by atoms with Crippen molar-refractivity contribution in [2.24, 2.45) is 7.05 Å². The number of aryl methyl sites for hydroxylation is 1. The number of carbonyl (C=O) groups excluding carboxylic acids is 1. The molecule has 0 aliphatic rings. The molecule has 2 aromatic rings. The fraction of sp³-hybridized carbons (Fsp3) is 0.385. The van der Waals surface area contributed by atoms with Crippen LogP contribution in [-0.2, 0) is 30.0 Å². The minimum absolute atomic E-state index is 0.236. The summed E-state index contributed by atoms with van der Waals surface area (Å²) >= 11 is 1.16. The number of urea groups is 1. The van der Waals surface area contributed by atoms with Crippen LogP contribution in [0.4, 0.5) is 4.79 Å². The summed E-state index contributed by atoms with van der Waals surface area (Å²) in [6.07, 6.45) is 2.99. The number of amides is 2. The molecule has 0 spiro atoms. The Hall–Kier alpha value is -1.87. The van der Waals surface area contributed by atoms with E-state index in [2.05, 4.69) is 10.4 Å². The Kier molecular flexibility index (Phi) is 4.87. The number of rotatable bonds is 5. The number of hydrogen-bond acceptors (Lipinski definition) is 5. The zero-order chi connectivity index (χ0) is 16.3. The van der Waals surface area contributed by atoms with Gasteiger partial charge in [-0.25, -0.2) is 13.2 Å². The smallest absolute Gasteiger partial charge is 0.317 e. The normalized spacial score (nSPS) is 11.4. The highest BCUT2D eigenvalue weighted by Crippen LogP contribution is 2.21. The van der Waals surface area contributed by atoms with Crippen LogP contribution in [0.2, 0.25) is 0 Å². The van der Waals surface area contributed by atoms with Gasteiger partial charge in [-0.1, -0.05) is 0 Å². The molecule has 2 heterocycles. The largest absolute Gasteiger partial charge is 0.333 e. The molecule has 22 heavy (non-hydrogen) atoms. The quantitative estimate of drug-likeness (QED) is 0.886. The molecular formula is C13H18N4O3S2. The van der Waals surface area contributed by atoms with E-state index in [1.165, 1.54) is 11.2 Å². The van der Waals surface area contributed by atoms with E-state index in [4.69, 9.17) is 0 Å². The molecule has 1 N–H and O–H groups in total. The van der Waals surface area contributed by atoms with Crippen molar-refractivity contribution >= 4 is 27.2 Å². The molecule has 0 saturated heterocycles. The number of sulfone groups is 1. The van der Waals surface area contributed by atoms with Crippen LogP contribution in [0.15, 0.2) is 28.6 Å². The first-order valence-electron chi connectivity index (χ1n) is 6.52. The summed E-state index contributed by atoms with van der Waals surface area (Å²) < 4.78 is 24.8. The highest BCUT2D eigenvalue weighted by molar-refractivity contribution is 7.92. The third-order valence-corrected chi connectivity index (χ3v) is 5.84. The van der Waals surface area contributed by atoms with Crippen LogP contribution in [0.25, 0.3) is 0 Å². The molecule has 2 amide bonds. The van der Waals surface area contributed by atoms with E-state index in [-0.39, 0.29) is 6.03 Å². The van der Waals surface area contributed by atoms with E-state index >= 15 is 0 Å². The van der Waals surface area contributed by atoms with Gasteiger partial charge in [0.2, 0.25) is 0 Å². The van der Waals surface area contributed by atoms with Crippen LogP contribution in [0.5, 0.6) is 0 Å². The molecule has 0 aliphatic carbocycles. The average molecular weight is 342 g/mol. The summed E-state index contributed by atoms with van der Waals surface area (Å²) in [6, 6.07) is 4.88. The highest BCUT2D eigenvalue weighted by atomic mass is 32.2. The van der Waals surface area contributed by atoms with Crippen molar-refractivity contribution in [1.82, 2.24) is 20.0 Å². The van der Waals surface area contributed by atoms with Gasteiger partial charge in [0.1, 0.15) is 4.21 Å². The van der Waals surface area contributed by atoms with Gasteiger partial charge in [0.15, 0.2) is 9.84 Å². The SMILES string of the molecule is CN(Cc1ccn(C)n1)C(=O)NCc1ccc(S(C)(=O)=O)s1. The Labute approximate surface area is 133 Å². The minimum atomic E-state index is -3.19. The van der Waals surface area contributed by atoms with Crippen molar-refractivity contribution in [2.45, 2.75) is 17.3 Å². The van der Waals surface area contributed by atoms with Gasteiger partial charge >= 0.3 is 6.03 Å². The van der Waals surface area contributed by atoms with E-state index in [0.29, 0.717) is 17.3 Å². The maximum Gasteiger partial charge on any atom is 0.317 e. The zero-order valence-corrected chi connectivity index (χ0v) is 14.2. The number of thiophene rings is 1. The lowest BCUT2D eigenvalue weighted by Crippen LogP contribution is -2.36. The summed E-state index contributed by atoms with van der Waals surface area (Å²) in [6.45, 7) is 0.706. The van der Waals surface area contributed by atoms with E-state index in [9.17, 15) is 13.2 Å². The molecule has 0 aromatic carbocycles. The van der Waals surface area contributed by atoms with Crippen molar-refractivity contribution in [3.8, 4) is 0 Å². The number of carbonyl (C=O) groups is 1. The first-order valence-corrected chi connectivity index (χ1v) is 9.23. The fourth-order valence-electron chi connectivity index (χ4n) is 1.81. The summed E-state index contributed by atoms with van der Waals surface area (Å²) in [7, 11) is 0.310. The first kappa shape index (κ1) is 16.5. The molecule has 0 atom stereocenters. The van der Waals surface area contributed by atoms with E-state index in [0.717, 1.165) is 21.9 Å². The maximum atomic E-state index is 12.0. The van der Waals surface area contributed by atoms with Crippen LogP contribution < -0.4 is 5.32 Å². The highest BCUT2D eigenvalue weighted by Gasteiger charge is 2.13. The van der Waals surface area contributed by atoms with Crippen LogP contribution in [0.1, 0.15) is 10.6 Å². The predicted molar refractivity (Wildman–Crippen MR) is 84.3 cm³/mol. The van der Waals surface area contributed by atoms with Gasteiger partial charge in [0, 0.05) is 31.4 Å². The lowest BCUT2D eigenvalue weighted by Gasteiger charge is -2.16. The van der Waals surface area contributed by atoms with Crippen LogP contribution in [0, 0.1) is 0 Å². The number of nitrogens with zero attached hydrogens (tertiary/aromatic N) is 3. The lowest BCUT2D eigenvalue weighted by molar-refractivity contribution is 0.206. The molecule has 0 bridgehead atoms. The predicted octanol–water partition coefficient (Wildman–Crippen LogP) is 1.23. The molecule has 9 heteroatoms. The number of aromatic nitrogens is 2. The van der Waals surface area contributed by atoms with Crippen molar-refractivity contribution < 1.29 is 13.2 Å². The average Bonchev–Trinajstić information content (AvgIpc) is 3.04. The number of nitrogens with one attached hydrogen (secondary N) is 1. The summed E-state index contributed by atoms with van der Waals surface area (Å²) in [4.78, 5) is 14.3. The molecule has 120 valence electrons. The molecule has 2 rings (SSSR count). The Balaban J connectivity index is 1.88. The first-order chi connectivity index (χ1) is 10.3. The molecular weight excluding hydrogens is 324 g/mol. The molecule has 0 unspecified atom stereocenters. The zero-order valence-electron chi connectivity index (χ0n) is 12.6. The van der Waals surface area contributed by atoms with Crippen LogP contribution >= 0.6 is 11.3 Å². The van der Waals surface area contributed by atoms with E-state index in [1.807, 2.05) is 19.3 Å². The van der Waals surface area contributed by atoms with Gasteiger partial charge in [-0.3, -0.25) is 4.68 Å². The monoisotopic (exact) mass is 342 g/mol. The van der Waals surface area contributed by atoms with Gasteiger partial charge in [-0.2, -0.15) is 5.10 Å². The fourth-order valence-corrected chi connectivity index (χ4v) is 3.73. The Morgan fingerprint density at radius 3 is 2.68 bits per heavy atom. The second-order valence-corrected chi connectivity index (χ2v) is 8.40. The van der Waals surface area contributed by atoms with Crippen molar-refractivity contribution in [2.75, 3.05) is 13.3 Å². The lowest BCUT2D eigenvalue weighted by atomic mass is 10.4. The molecule has 0 fully saturated rings. The Morgan fingerprint density at radius 1 is 1.41 bits per heavy atom. The van der Waals surface area contributed by atoms with Crippen molar-refractivity contribution in [3.63, 3.8) is 0 Å². The third kappa shape index (κ3) is 4.31. The van der Waals surface area contributed by atoms with E-state index in [1.54, 1.807) is 23.9 Å². The number of hydrogen-bond donors (Lipinski definition) is 1. The standard InChI is InChI=1S/C13H18N4O3S2/c1-16(9-10-6-7-17(2)15-10)13(18)14-8-11-4-5-12(21-11)22(3,19)20/h4-7H,8-9H2,1-3H3,(H,14,18).